The predicted molar refractivity (Wildman–Crippen MR) is 114 cm³/mol. The molecule has 0 fully saturated rings. The Labute approximate surface area is 178 Å². The van der Waals surface area contributed by atoms with Crippen LogP contribution in [-0.2, 0) is 14.8 Å². The van der Waals surface area contributed by atoms with Crippen LogP contribution in [-0.4, -0.2) is 24.3 Å². The summed E-state index contributed by atoms with van der Waals surface area (Å²) in [6.07, 6.45) is 3.14. The molecule has 2 N–H and O–H groups in total. The highest BCUT2D eigenvalue weighted by Crippen LogP contribution is 2.30. The molecule has 1 aromatic carbocycles. The van der Waals surface area contributed by atoms with E-state index in [1.54, 1.807) is 31.3 Å². The van der Waals surface area contributed by atoms with Crippen molar-refractivity contribution in [3.8, 4) is 11.1 Å². The molecule has 0 saturated carbocycles. The highest BCUT2D eigenvalue weighted by Gasteiger charge is 2.20. The van der Waals surface area contributed by atoms with E-state index in [-0.39, 0.29) is 26.5 Å². The number of anilines is 2. The van der Waals surface area contributed by atoms with Crippen LogP contribution in [0.25, 0.3) is 11.1 Å². The van der Waals surface area contributed by atoms with Gasteiger partial charge < -0.3 is 5.32 Å². The van der Waals surface area contributed by atoms with Gasteiger partial charge in [-0.1, -0.05) is 23.2 Å². The molecule has 0 radical (unpaired) electrons. The topological polar surface area (TPSA) is 101 Å². The normalized spacial score (nSPS) is 11.2. The third kappa shape index (κ3) is 5.03. The number of nitrogens with zero attached hydrogens (tertiary/aromatic N) is 2. The number of nitrogens with one attached hydrogen (secondary N) is 2. The molecule has 0 aliphatic heterocycles. The van der Waals surface area contributed by atoms with Gasteiger partial charge in [-0.3, -0.25) is 14.5 Å². The van der Waals surface area contributed by atoms with Crippen LogP contribution in [0.5, 0.6) is 0 Å². The summed E-state index contributed by atoms with van der Waals surface area (Å²) >= 11 is 12.0. The number of pyridine rings is 2. The maximum atomic E-state index is 12.8. The SMILES string of the molecule is CC(=O)Nc1cc(-c2cnc(C)c(NS(=O)(=O)c3cc(Cl)ccc3Cl)c2)ccn1. The van der Waals surface area contributed by atoms with Gasteiger partial charge in [-0.05, 0) is 48.9 Å². The second kappa shape index (κ2) is 8.36. The van der Waals surface area contributed by atoms with Gasteiger partial charge in [0.2, 0.25) is 5.91 Å². The zero-order valence-electron chi connectivity index (χ0n) is 15.4. The summed E-state index contributed by atoms with van der Waals surface area (Å²) in [4.78, 5) is 19.5. The number of carbonyl (C=O) groups is 1. The average molecular weight is 451 g/mol. The minimum Gasteiger partial charge on any atom is -0.311 e. The number of hydrogen-bond acceptors (Lipinski definition) is 5. The van der Waals surface area contributed by atoms with Crippen LogP contribution in [0.2, 0.25) is 10.0 Å². The smallest absolute Gasteiger partial charge is 0.263 e. The predicted octanol–water partition coefficient (Wildman–Crippen LogP) is 4.52. The first kappa shape index (κ1) is 21.0. The number of halogens is 2. The quantitative estimate of drug-likeness (QED) is 0.594. The molecule has 0 spiro atoms. The fraction of sp³-hybridized carbons (Fsp3) is 0.105. The van der Waals surface area contributed by atoms with E-state index < -0.39 is 10.0 Å². The number of aryl methyl sites for hydroxylation is 1. The van der Waals surface area contributed by atoms with Crippen molar-refractivity contribution in [1.82, 2.24) is 9.97 Å². The Morgan fingerprint density at radius 3 is 2.52 bits per heavy atom. The van der Waals surface area contributed by atoms with E-state index in [9.17, 15) is 13.2 Å². The van der Waals surface area contributed by atoms with Crippen LogP contribution in [0.3, 0.4) is 0 Å². The van der Waals surface area contributed by atoms with Crippen molar-refractivity contribution in [3.05, 3.63) is 64.5 Å². The highest BCUT2D eigenvalue weighted by atomic mass is 35.5. The van der Waals surface area contributed by atoms with Crippen molar-refractivity contribution in [2.24, 2.45) is 0 Å². The summed E-state index contributed by atoms with van der Waals surface area (Å²) in [6.45, 7) is 3.06. The average Bonchev–Trinajstić information content (AvgIpc) is 2.65. The maximum Gasteiger partial charge on any atom is 0.263 e. The van der Waals surface area contributed by atoms with E-state index in [0.29, 0.717) is 22.6 Å². The Morgan fingerprint density at radius 1 is 1.03 bits per heavy atom. The van der Waals surface area contributed by atoms with Crippen molar-refractivity contribution < 1.29 is 13.2 Å². The molecule has 2 aromatic heterocycles. The molecule has 0 bridgehead atoms. The third-order valence-corrected chi connectivity index (χ3v) is 5.99. The van der Waals surface area contributed by atoms with Gasteiger partial charge in [-0.2, -0.15) is 0 Å². The molecule has 3 aromatic rings. The first-order valence-electron chi connectivity index (χ1n) is 8.34. The molecule has 2 heterocycles. The van der Waals surface area contributed by atoms with Crippen LogP contribution in [0, 0.1) is 6.92 Å². The lowest BCUT2D eigenvalue weighted by Gasteiger charge is -2.13. The molecule has 0 unspecified atom stereocenters. The third-order valence-electron chi connectivity index (χ3n) is 3.91. The number of carbonyl (C=O) groups excluding carboxylic acids is 1. The first-order chi connectivity index (χ1) is 13.7. The summed E-state index contributed by atoms with van der Waals surface area (Å²) in [5, 5.41) is 2.91. The van der Waals surface area contributed by atoms with Crippen LogP contribution >= 0.6 is 23.2 Å². The van der Waals surface area contributed by atoms with Gasteiger partial charge in [-0.25, -0.2) is 13.4 Å². The highest BCUT2D eigenvalue weighted by molar-refractivity contribution is 7.92. The lowest BCUT2D eigenvalue weighted by molar-refractivity contribution is -0.114. The van der Waals surface area contributed by atoms with Gasteiger partial charge in [0.15, 0.2) is 0 Å². The minimum absolute atomic E-state index is 0.0535. The molecule has 0 atom stereocenters. The monoisotopic (exact) mass is 450 g/mol. The second-order valence-electron chi connectivity index (χ2n) is 6.15. The van der Waals surface area contributed by atoms with Gasteiger partial charge in [-0.15, -0.1) is 0 Å². The molecule has 150 valence electrons. The van der Waals surface area contributed by atoms with E-state index in [1.807, 2.05) is 0 Å². The summed E-state index contributed by atoms with van der Waals surface area (Å²) in [5.74, 6) is 0.131. The lowest BCUT2D eigenvalue weighted by atomic mass is 10.1. The largest absolute Gasteiger partial charge is 0.311 e. The molecular formula is C19H16Cl2N4O3S. The number of aromatic nitrogens is 2. The zero-order chi connectivity index (χ0) is 21.2. The Bertz CT molecular complexity index is 1200. The summed E-state index contributed by atoms with van der Waals surface area (Å²) in [5.41, 5.74) is 2.11. The maximum absolute atomic E-state index is 12.8. The van der Waals surface area contributed by atoms with Crippen LogP contribution in [0.1, 0.15) is 12.6 Å². The van der Waals surface area contributed by atoms with Crippen molar-refractivity contribution in [2.45, 2.75) is 18.7 Å². The van der Waals surface area contributed by atoms with Crippen LogP contribution in [0.15, 0.2) is 53.7 Å². The molecule has 29 heavy (non-hydrogen) atoms. The van der Waals surface area contributed by atoms with Gasteiger partial charge in [0.05, 0.1) is 16.4 Å². The lowest BCUT2D eigenvalue weighted by Crippen LogP contribution is -2.15. The molecule has 0 saturated heterocycles. The van der Waals surface area contributed by atoms with E-state index in [0.717, 1.165) is 0 Å². The molecule has 0 aliphatic carbocycles. The van der Waals surface area contributed by atoms with Crippen molar-refractivity contribution in [2.75, 3.05) is 10.0 Å². The molecule has 1 amide bonds. The second-order valence-corrected chi connectivity index (χ2v) is 8.64. The molecule has 3 rings (SSSR count). The Morgan fingerprint density at radius 2 is 1.79 bits per heavy atom. The Balaban J connectivity index is 1.98. The van der Waals surface area contributed by atoms with Crippen molar-refractivity contribution in [3.63, 3.8) is 0 Å². The minimum atomic E-state index is -3.99. The molecular weight excluding hydrogens is 435 g/mol. The number of amides is 1. The van der Waals surface area contributed by atoms with E-state index >= 15 is 0 Å². The molecule has 0 aliphatic rings. The number of sulfonamides is 1. The van der Waals surface area contributed by atoms with E-state index in [1.165, 1.54) is 31.3 Å². The van der Waals surface area contributed by atoms with Gasteiger partial charge >= 0.3 is 0 Å². The fourth-order valence-electron chi connectivity index (χ4n) is 2.54. The van der Waals surface area contributed by atoms with Crippen LogP contribution < -0.4 is 10.0 Å². The Hall–Kier alpha value is -2.68. The number of benzene rings is 1. The van der Waals surface area contributed by atoms with Crippen molar-refractivity contribution in [1.29, 1.82) is 0 Å². The number of hydrogen-bond donors (Lipinski definition) is 2. The first-order valence-corrected chi connectivity index (χ1v) is 10.6. The number of rotatable bonds is 5. The van der Waals surface area contributed by atoms with Gasteiger partial charge in [0, 0.05) is 29.9 Å². The molecule has 10 heteroatoms. The van der Waals surface area contributed by atoms with Crippen molar-refractivity contribution >= 4 is 50.6 Å². The van der Waals surface area contributed by atoms with Gasteiger partial charge in [0.1, 0.15) is 10.7 Å². The van der Waals surface area contributed by atoms with E-state index in [2.05, 4.69) is 20.0 Å². The summed E-state index contributed by atoms with van der Waals surface area (Å²) in [7, 11) is -3.99. The van der Waals surface area contributed by atoms with Crippen LogP contribution in [0.4, 0.5) is 11.5 Å². The fourth-order valence-corrected chi connectivity index (χ4v) is 4.41. The summed E-state index contributed by atoms with van der Waals surface area (Å²) in [6, 6.07) is 9.24. The van der Waals surface area contributed by atoms with Gasteiger partial charge in [0.25, 0.3) is 10.0 Å². The summed E-state index contributed by atoms with van der Waals surface area (Å²) < 4.78 is 28.1. The standard InChI is InChI=1S/C19H16Cl2N4O3S/c1-11-17(25-29(27,28)18-9-15(20)3-4-16(18)21)7-14(10-23-11)13-5-6-22-19(8-13)24-12(2)26/h3-10,25H,1-2H3,(H,22,24,26). The Kier molecular flexibility index (Phi) is 6.07. The molecule has 7 nitrogen and oxygen atoms in total. The van der Waals surface area contributed by atoms with E-state index in [4.69, 9.17) is 23.2 Å². The zero-order valence-corrected chi connectivity index (χ0v) is 17.7.